The summed E-state index contributed by atoms with van der Waals surface area (Å²) < 4.78 is 5.93. The number of pyridine rings is 1. The molecule has 6 heteroatoms. The van der Waals surface area contributed by atoms with E-state index in [-0.39, 0.29) is 22.5 Å². The lowest BCUT2D eigenvalue weighted by Crippen LogP contribution is -2.30. The zero-order chi connectivity index (χ0) is 21.0. The van der Waals surface area contributed by atoms with E-state index < -0.39 is 11.9 Å². The highest BCUT2D eigenvalue weighted by molar-refractivity contribution is 6.10. The van der Waals surface area contributed by atoms with Gasteiger partial charge in [0.2, 0.25) is 5.76 Å². The Morgan fingerprint density at radius 3 is 2.57 bits per heavy atom. The highest BCUT2D eigenvalue weighted by Gasteiger charge is 2.44. The van der Waals surface area contributed by atoms with Crippen LogP contribution in [0.4, 0.5) is 5.82 Å². The van der Waals surface area contributed by atoms with Crippen molar-refractivity contribution in [3.8, 4) is 5.75 Å². The van der Waals surface area contributed by atoms with Gasteiger partial charge in [-0.3, -0.25) is 14.5 Å². The summed E-state index contributed by atoms with van der Waals surface area (Å²) in [5.41, 5.74) is 2.82. The minimum atomic E-state index is -0.755. The maximum atomic E-state index is 13.5. The molecule has 1 aliphatic heterocycles. The molecule has 1 aliphatic rings. The lowest BCUT2D eigenvalue weighted by Gasteiger charge is -2.24. The summed E-state index contributed by atoms with van der Waals surface area (Å²) in [4.78, 5) is 32.8. The number of phenols is 1. The zero-order valence-electron chi connectivity index (χ0n) is 16.4. The van der Waals surface area contributed by atoms with Gasteiger partial charge in [0.25, 0.3) is 5.91 Å². The van der Waals surface area contributed by atoms with Crippen LogP contribution in [0.25, 0.3) is 11.0 Å². The van der Waals surface area contributed by atoms with Crippen LogP contribution in [0, 0.1) is 13.8 Å². The summed E-state index contributed by atoms with van der Waals surface area (Å²) in [6, 6.07) is 14.7. The van der Waals surface area contributed by atoms with Gasteiger partial charge in [-0.05, 0) is 61.4 Å². The second-order valence-corrected chi connectivity index (χ2v) is 7.54. The smallest absolute Gasteiger partial charge is 0.296 e. The molecule has 0 saturated heterocycles. The van der Waals surface area contributed by atoms with Crippen LogP contribution in [0.1, 0.15) is 38.9 Å². The summed E-state index contributed by atoms with van der Waals surface area (Å²) in [5.74, 6) is 0.0370. The van der Waals surface area contributed by atoms with Crippen LogP contribution >= 0.6 is 0 Å². The summed E-state index contributed by atoms with van der Waals surface area (Å²) >= 11 is 0. The number of amides is 1. The standard InChI is InChI=1S/C24H18N2O4/c1-13-6-7-18-17(10-13)22(28)20-21(15-4-3-5-16(27)12-15)26(24(29)23(20)30-18)19-11-14(2)8-9-25-19/h3-12,21,27H,1-2H3/t21-/m0/s1. The maximum Gasteiger partial charge on any atom is 0.296 e. The molecule has 0 bridgehead atoms. The SMILES string of the molecule is Cc1ccnc(N2C(=O)c3oc4ccc(C)cc4c(=O)c3[C@@H]2c2cccc(O)c2)c1. The Morgan fingerprint density at radius 2 is 1.80 bits per heavy atom. The Balaban J connectivity index is 1.84. The zero-order valence-corrected chi connectivity index (χ0v) is 16.4. The summed E-state index contributed by atoms with van der Waals surface area (Å²) in [6.07, 6.45) is 1.62. The molecule has 4 aromatic rings. The molecule has 0 spiro atoms. The molecule has 1 N–H and O–H groups in total. The fourth-order valence-corrected chi connectivity index (χ4v) is 3.99. The molecule has 6 nitrogen and oxygen atoms in total. The number of aromatic hydroxyl groups is 1. The number of nitrogens with zero attached hydrogens (tertiary/aromatic N) is 2. The largest absolute Gasteiger partial charge is 0.508 e. The number of hydrogen-bond acceptors (Lipinski definition) is 5. The molecule has 3 heterocycles. The summed E-state index contributed by atoms with van der Waals surface area (Å²) in [6.45, 7) is 3.80. The van der Waals surface area contributed by atoms with E-state index in [0.29, 0.717) is 22.4 Å². The molecule has 0 radical (unpaired) electrons. The van der Waals surface area contributed by atoms with E-state index >= 15 is 0 Å². The predicted molar refractivity (Wildman–Crippen MR) is 113 cm³/mol. The Bertz CT molecular complexity index is 1390. The molecule has 148 valence electrons. The molecule has 30 heavy (non-hydrogen) atoms. The number of rotatable bonds is 2. The van der Waals surface area contributed by atoms with Crippen LogP contribution in [0.15, 0.2) is 70.0 Å². The first-order valence-electron chi connectivity index (χ1n) is 9.56. The van der Waals surface area contributed by atoms with E-state index in [0.717, 1.165) is 11.1 Å². The molecule has 5 rings (SSSR count). The summed E-state index contributed by atoms with van der Waals surface area (Å²) in [7, 11) is 0. The van der Waals surface area contributed by atoms with Gasteiger partial charge in [0.05, 0.1) is 17.0 Å². The molecule has 2 aromatic carbocycles. The Hall–Kier alpha value is -3.93. The number of fused-ring (bicyclic) bond motifs is 2. The van der Waals surface area contributed by atoms with Gasteiger partial charge in [0.15, 0.2) is 5.43 Å². The van der Waals surface area contributed by atoms with Crippen LogP contribution in [-0.2, 0) is 0 Å². The molecule has 0 unspecified atom stereocenters. The Labute approximate surface area is 172 Å². The van der Waals surface area contributed by atoms with E-state index in [9.17, 15) is 14.7 Å². The lowest BCUT2D eigenvalue weighted by molar-refractivity contribution is 0.0970. The van der Waals surface area contributed by atoms with Gasteiger partial charge in [-0.15, -0.1) is 0 Å². The topological polar surface area (TPSA) is 83.6 Å². The molecular formula is C24H18N2O4. The fraction of sp³-hybridized carbons (Fsp3) is 0.125. The highest BCUT2D eigenvalue weighted by Crippen LogP contribution is 2.41. The number of phenolic OH excluding ortho intramolecular Hbond substituents is 1. The van der Waals surface area contributed by atoms with E-state index in [2.05, 4.69) is 4.98 Å². The Kier molecular flexibility index (Phi) is 3.96. The van der Waals surface area contributed by atoms with Gasteiger partial charge >= 0.3 is 0 Å². The van der Waals surface area contributed by atoms with Gasteiger partial charge in [-0.25, -0.2) is 4.98 Å². The molecule has 1 amide bonds. The van der Waals surface area contributed by atoms with Crippen LogP contribution < -0.4 is 10.3 Å². The second-order valence-electron chi connectivity index (χ2n) is 7.54. The molecule has 0 saturated carbocycles. The number of benzene rings is 2. The number of aromatic nitrogens is 1. The number of aryl methyl sites for hydroxylation is 2. The van der Waals surface area contributed by atoms with E-state index in [1.807, 2.05) is 26.0 Å². The lowest BCUT2D eigenvalue weighted by atomic mass is 9.98. The van der Waals surface area contributed by atoms with Crippen LogP contribution in [0.2, 0.25) is 0 Å². The first-order valence-corrected chi connectivity index (χ1v) is 9.56. The average molecular weight is 398 g/mol. The first-order chi connectivity index (χ1) is 14.4. The molecule has 0 fully saturated rings. The highest BCUT2D eigenvalue weighted by atomic mass is 16.3. The summed E-state index contributed by atoms with van der Waals surface area (Å²) in [5, 5.41) is 10.5. The third kappa shape index (κ3) is 2.69. The molecule has 1 atom stereocenters. The van der Waals surface area contributed by atoms with Crippen molar-refractivity contribution < 1.29 is 14.3 Å². The van der Waals surface area contributed by atoms with Crippen molar-refractivity contribution in [1.29, 1.82) is 0 Å². The van der Waals surface area contributed by atoms with Crippen molar-refractivity contribution in [3.63, 3.8) is 0 Å². The monoisotopic (exact) mass is 398 g/mol. The van der Waals surface area contributed by atoms with Crippen LogP contribution in [0.3, 0.4) is 0 Å². The van der Waals surface area contributed by atoms with Gasteiger partial charge in [-0.2, -0.15) is 0 Å². The molecular weight excluding hydrogens is 380 g/mol. The van der Waals surface area contributed by atoms with Crippen molar-refractivity contribution in [3.05, 3.63) is 99.0 Å². The molecule has 0 aliphatic carbocycles. The van der Waals surface area contributed by atoms with Gasteiger partial charge < -0.3 is 9.52 Å². The number of carbonyl (C=O) groups excluding carboxylic acids is 1. The van der Waals surface area contributed by atoms with E-state index in [1.54, 1.807) is 48.7 Å². The van der Waals surface area contributed by atoms with Crippen LogP contribution in [-0.4, -0.2) is 16.0 Å². The second kappa shape index (κ2) is 6.56. The van der Waals surface area contributed by atoms with E-state index in [4.69, 9.17) is 4.42 Å². The Morgan fingerprint density at radius 1 is 1.00 bits per heavy atom. The van der Waals surface area contributed by atoms with Gasteiger partial charge in [0.1, 0.15) is 17.2 Å². The fourth-order valence-electron chi connectivity index (χ4n) is 3.99. The third-order valence-corrected chi connectivity index (χ3v) is 5.36. The van der Waals surface area contributed by atoms with Crippen molar-refractivity contribution in [1.82, 2.24) is 4.98 Å². The van der Waals surface area contributed by atoms with Crippen molar-refractivity contribution >= 4 is 22.7 Å². The minimum Gasteiger partial charge on any atom is -0.508 e. The van der Waals surface area contributed by atoms with Crippen molar-refractivity contribution in [2.45, 2.75) is 19.9 Å². The van der Waals surface area contributed by atoms with Crippen molar-refractivity contribution in [2.24, 2.45) is 0 Å². The number of carbonyl (C=O) groups is 1. The maximum absolute atomic E-state index is 13.5. The normalized spacial score (nSPS) is 15.6. The van der Waals surface area contributed by atoms with E-state index in [1.165, 1.54) is 4.90 Å². The number of anilines is 1. The van der Waals surface area contributed by atoms with Crippen molar-refractivity contribution in [2.75, 3.05) is 4.90 Å². The van der Waals surface area contributed by atoms with Gasteiger partial charge in [0, 0.05) is 6.20 Å². The average Bonchev–Trinajstić information content (AvgIpc) is 3.01. The van der Waals surface area contributed by atoms with Crippen LogP contribution in [0.5, 0.6) is 5.75 Å². The molecule has 2 aromatic heterocycles. The minimum absolute atomic E-state index is 0.00741. The van der Waals surface area contributed by atoms with Gasteiger partial charge in [-0.1, -0.05) is 23.8 Å². The predicted octanol–water partition coefficient (Wildman–Crippen LogP) is 4.26. The third-order valence-electron chi connectivity index (χ3n) is 5.36. The number of hydrogen-bond donors (Lipinski definition) is 1. The first kappa shape index (κ1) is 18.1. The quantitative estimate of drug-likeness (QED) is 0.545.